The maximum Gasteiger partial charge on any atom is 0.196 e. The summed E-state index contributed by atoms with van der Waals surface area (Å²) < 4.78 is 5.90. The molecule has 1 N–H and O–H groups in total. The smallest absolute Gasteiger partial charge is 0.196 e. The van der Waals surface area contributed by atoms with Crippen LogP contribution in [0.2, 0.25) is 0 Å². The van der Waals surface area contributed by atoms with Crippen molar-refractivity contribution in [1.82, 2.24) is 5.32 Å². The molecule has 17 heavy (non-hydrogen) atoms. The minimum atomic E-state index is 0.983. The second-order valence-corrected chi connectivity index (χ2v) is 5.11. The van der Waals surface area contributed by atoms with Crippen LogP contribution in [0.3, 0.4) is 0 Å². The Balaban J connectivity index is 1.95. The fourth-order valence-electron chi connectivity index (χ4n) is 2.18. The summed E-state index contributed by atoms with van der Waals surface area (Å²) in [7, 11) is 0. The molecule has 0 unspecified atom stereocenters. The molecule has 0 saturated carbocycles. The van der Waals surface area contributed by atoms with Crippen LogP contribution in [0, 0.1) is 0 Å². The van der Waals surface area contributed by atoms with E-state index in [2.05, 4.69) is 40.7 Å². The Hall–Kier alpha value is -1.13. The maximum absolute atomic E-state index is 5.90. The normalized spacial score (nSPS) is 16.6. The molecule has 2 heterocycles. The van der Waals surface area contributed by atoms with Crippen LogP contribution in [0.1, 0.15) is 0 Å². The van der Waals surface area contributed by atoms with Crippen molar-refractivity contribution in [1.29, 1.82) is 0 Å². The van der Waals surface area contributed by atoms with E-state index in [9.17, 15) is 0 Å². The molecule has 1 aliphatic rings. The van der Waals surface area contributed by atoms with E-state index in [1.807, 2.05) is 0 Å². The minimum Gasteiger partial charge on any atom is -0.441 e. The van der Waals surface area contributed by atoms with Gasteiger partial charge >= 0.3 is 0 Å². The lowest BCUT2D eigenvalue weighted by Gasteiger charge is -2.26. The van der Waals surface area contributed by atoms with E-state index < -0.39 is 0 Å². The van der Waals surface area contributed by atoms with Crippen LogP contribution in [0.25, 0.3) is 11.0 Å². The maximum atomic E-state index is 5.90. The molecule has 1 saturated heterocycles. The first-order chi connectivity index (χ1) is 8.36. The predicted molar refractivity (Wildman–Crippen MR) is 73.1 cm³/mol. The summed E-state index contributed by atoms with van der Waals surface area (Å²) in [5.74, 6) is 1.000. The van der Waals surface area contributed by atoms with Gasteiger partial charge in [-0.05, 0) is 24.5 Å². The van der Waals surface area contributed by atoms with Crippen LogP contribution in [-0.4, -0.2) is 32.4 Å². The highest BCUT2D eigenvalue weighted by Gasteiger charge is 2.14. The summed E-state index contributed by atoms with van der Waals surface area (Å²) in [6.45, 7) is 4.12. The molecule has 4 heteroatoms. The molecular weight excluding hydrogens is 232 g/mol. The van der Waals surface area contributed by atoms with Crippen molar-refractivity contribution in [2.75, 3.05) is 37.3 Å². The van der Waals surface area contributed by atoms with Crippen LogP contribution < -0.4 is 10.2 Å². The van der Waals surface area contributed by atoms with Gasteiger partial charge in [-0.15, -0.1) is 11.8 Å². The molecule has 2 aromatic rings. The van der Waals surface area contributed by atoms with Crippen LogP contribution in [-0.2, 0) is 0 Å². The lowest BCUT2D eigenvalue weighted by molar-refractivity contribution is 0.527. The van der Waals surface area contributed by atoms with Gasteiger partial charge in [0.1, 0.15) is 5.58 Å². The highest BCUT2D eigenvalue weighted by molar-refractivity contribution is 7.98. The van der Waals surface area contributed by atoms with Gasteiger partial charge in [-0.25, -0.2) is 0 Å². The van der Waals surface area contributed by atoms with Gasteiger partial charge in [0, 0.05) is 42.5 Å². The number of rotatable bonds is 2. The minimum absolute atomic E-state index is 0.983. The Morgan fingerprint density at radius 3 is 2.82 bits per heavy atom. The molecule has 0 radical (unpaired) electrons. The molecule has 0 bridgehead atoms. The molecule has 1 aliphatic heterocycles. The lowest BCUT2D eigenvalue weighted by Crippen LogP contribution is -2.43. The number of hydrogen-bond acceptors (Lipinski definition) is 4. The summed E-state index contributed by atoms with van der Waals surface area (Å²) in [5, 5.41) is 4.55. The third kappa shape index (κ3) is 2.15. The first-order valence-electron chi connectivity index (χ1n) is 5.90. The molecule has 0 atom stereocenters. The van der Waals surface area contributed by atoms with Crippen LogP contribution in [0.15, 0.2) is 33.6 Å². The number of nitrogens with zero attached hydrogens (tertiary/aromatic N) is 1. The zero-order valence-electron chi connectivity index (χ0n) is 9.90. The molecular formula is C13H16N2OS. The van der Waals surface area contributed by atoms with E-state index in [1.54, 1.807) is 11.8 Å². The lowest BCUT2D eigenvalue weighted by atomic mass is 10.2. The van der Waals surface area contributed by atoms with Gasteiger partial charge in [-0.3, -0.25) is 0 Å². The Labute approximate surface area is 105 Å². The van der Waals surface area contributed by atoms with Gasteiger partial charge in [0.2, 0.25) is 0 Å². The summed E-state index contributed by atoms with van der Waals surface area (Å²) in [5.41, 5.74) is 0.983. The predicted octanol–water partition coefficient (Wildman–Crippen LogP) is 2.56. The number of fused-ring (bicyclic) bond motifs is 1. The zero-order valence-corrected chi connectivity index (χ0v) is 10.7. The molecule has 3 nitrogen and oxygen atoms in total. The second kappa shape index (κ2) is 4.63. The number of furan rings is 1. The van der Waals surface area contributed by atoms with Crippen molar-refractivity contribution in [2.45, 2.75) is 4.90 Å². The number of thioether (sulfide) groups is 1. The summed E-state index contributed by atoms with van der Waals surface area (Å²) in [4.78, 5) is 3.58. The molecule has 1 fully saturated rings. The van der Waals surface area contributed by atoms with Crippen molar-refractivity contribution in [3.05, 3.63) is 24.3 Å². The third-order valence-electron chi connectivity index (χ3n) is 3.14. The first-order valence-corrected chi connectivity index (χ1v) is 7.12. The highest BCUT2D eigenvalue weighted by atomic mass is 32.2. The van der Waals surface area contributed by atoms with Gasteiger partial charge in [-0.2, -0.15) is 0 Å². The molecule has 3 rings (SSSR count). The van der Waals surface area contributed by atoms with Crippen molar-refractivity contribution < 1.29 is 4.42 Å². The van der Waals surface area contributed by atoms with Gasteiger partial charge in [0.05, 0.1) is 0 Å². The van der Waals surface area contributed by atoms with Gasteiger partial charge < -0.3 is 14.6 Å². The number of anilines is 1. The third-order valence-corrected chi connectivity index (χ3v) is 3.86. The molecule has 0 aliphatic carbocycles. The molecule has 1 aromatic carbocycles. The first kappa shape index (κ1) is 11.0. The number of piperazine rings is 1. The summed E-state index contributed by atoms with van der Waals surface area (Å²) in [6.07, 6.45) is 2.10. The van der Waals surface area contributed by atoms with Crippen LogP contribution in [0.4, 0.5) is 5.88 Å². The number of hydrogen-bond donors (Lipinski definition) is 1. The van der Waals surface area contributed by atoms with E-state index >= 15 is 0 Å². The van der Waals surface area contributed by atoms with Crippen molar-refractivity contribution >= 4 is 28.6 Å². The second-order valence-electron chi connectivity index (χ2n) is 4.23. The monoisotopic (exact) mass is 248 g/mol. The largest absolute Gasteiger partial charge is 0.441 e. The van der Waals surface area contributed by atoms with E-state index in [0.29, 0.717) is 0 Å². The Bertz CT molecular complexity index is 517. The molecule has 0 amide bonds. The standard InChI is InChI=1S/C13H16N2OS/c1-17-11-2-3-12-10(8-11)9-13(16-12)15-6-4-14-5-7-15/h2-3,8-9,14H,4-7H2,1H3. The van der Waals surface area contributed by atoms with E-state index in [4.69, 9.17) is 4.42 Å². The number of nitrogens with one attached hydrogen (secondary N) is 1. The molecule has 1 aromatic heterocycles. The van der Waals surface area contributed by atoms with E-state index in [1.165, 1.54) is 10.3 Å². The molecule has 90 valence electrons. The fraction of sp³-hybridized carbons (Fsp3) is 0.385. The number of benzene rings is 1. The molecule has 0 spiro atoms. The van der Waals surface area contributed by atoms with Crippen LogP contribution in [0.5, 0.6) is 0 Å². The van der Waals surface area contributed by atoms with Crippen molar-refractivity contribution in [2.24, 2.45) is 0 Å². The van der Waals surface area contributed by atoms with E-state index in [0.717, 1.165) is 37.6 Å². The zero-order chi connectivity index (χ0) is 11.7. The summed E-state index contributed by atoms with van der Waals surface area (Å²) in [6, 6.07) is 8.51. The van der Waals surface area contributed by atoms with Gasteiger partial charge in [-0.1, -0.05) is 0 Å². The Morgan fingerprint density at radius 2 is 2.06 bits per heavy atom. The van der Waals surface area contributed by atoms with E-state index in [-0.39, 0.29) is 0 Å². The average molecular weight is 248 g/mol. The Morgan fingerprint density at radius 1 is 1.24 bits per heavy atom. The van der Waals surface area contributed by atoms with Gasteiger partial charge in [0.25, 0.3) is 0 Å². The topological polar surface area (TPSA) is 28.4 Å². The van der Waals surface area contributed by atoms with Gasteiger partial charge in [0.15, 0.2) is 5.88 Å². The highest BCUT2D eigenvalue weighted by Crippen LogP contribution is 2.29. The average Bonchev–Trinajstić information content (AvgIpc) is 2.82. The van der Waals surface area contributed by atoms with Crippen molar-refractivity contribution in [3.8, 4) is 0 Å². The van der Waals surface area contributed by atoms with Crippen LogP contribution >= 0.6 is 11.8 Å². The fourth-order valence-corrected chi connectivity index (χ4v) is 2.62. The van der Waals surface area contributed by atoms with Crippen molar-refractivity contribution in [3.63, 3.8) is 0 Å². The summed E-state index contributed by atoms with van der Waals surface area (Å²) >= 11 is 1.76. The Kier molecular flexibility index (Phi) is 2.99. The quantitative estimate of drug-likeness (QED) is 0.827. The SMILES string of the molecule is CSc1ccc2oc(N3CCNCC3)cc2c1.